The van der Waals surface area contributed by atoms with E-state index < -0.39 is 53.8 Å². The molecule has 1 aromatic rings. The number of aliphatic carboxylic acids is 1. The molecule has 0 heterocycles. The molecular weight excluding hydrogens is 562 g/mol. The summed E-state index contributed by atoms with van der Waals surface area (Å²) in [4.78, 5) is 70.1. The highest BCUT2D eigenvalue weighted by Crippen LogP contribution is 2.08. The number of carboxylic acids is 1. The van der Waals surface area contributed by atoms with Crippen LogP contribution in [0.1, 0.15) is 44.1 Å². The average Bonchev–Trinajstić information content (AvgIpc) is 2.94. The van der Waals surface area contributed by atoms with Gasteiger partial charge < -0.3 is 55.5 Å². The molecule has 4 amide bonds. The Morgan fingerprint density at radius 2 is 1.16 bits per heavy atom. The number of hydrogen-bond acceptors (Lipinski definition) is 8. The van der Waals surface area contributed by atoms with Gasteiger partial charge in [-0.2, -0.15) is 0 Å². The van der Waals surface area contributed by atoms with Gasteiger partial charge in [0.05, 0.1) is 6.04 Å². The van der Waals surface area contributed by atoms with Crippen molar-refractivity contribution in [3.8, 4) is 0 Å². The normalized spacial score (nSPS) is 13.3. The topological polar surface area (TPSA) is 323 Å². The molecule has 4 atom stereocenters. The van der Waals surface area contributed by atoms with Gasteiger partial charge in [0, 0.05) is 25.9 Å². The highest BCUT2D eigenvalue weighted by atomic mass is 16.4. The zero-order valence-electron chi connectivity index (χ0n) is 23.9. The van der Waals surface area contributed by atoms with Crippen molar-refractivity contribution in [1.29, 1.82) is 0 Å². The largest absolute Gasteiger partial charge is 0.480 e. The maximum atomic E-state index is 13.4. The molecular formula is C26H43N11O6. The minimum absolute atomic E-state index is 0.00322. The lowest BCUT2D eigenvalue weighted by atomic mass is 10.0. The molecule has 238 valence electrons. The molecule has 0 radical (unpaired) electrons. The van der Waals surface area contributed by atoms with Gasteiger partial charge in [0.25, 0.3) is 0 Å². The third-order valence-corrected chi connectivity index (χ3v) is 6.09. The Balaban J connectivity index is 3.12. The van der Waals surface area contributed by atoms with E-state index in [9.17, 15) is 29.1 Å². The van der Waals surface area contributed by atoms with E-state index in [4.69, 9.17) is 34.4 Å². The van der Waals surface area contributed by atoms with E-state index in [-0.39, 0.29) is 70.0 Å². The second-order valence-corrected chi connectivity index (χ2v) is 9.72. The number of amides is 4. The van der Waals surface area contributed by atoms with Crippen LogP contribution in [0, 0.1) is 0 Å². The Hall–Kier alpha value is -4.93. The summed E-state index contributed by atoms with van der Waals surface area (Å²) in [7, 11) is 0. The molecule has 4 unspecified atom stereocenters. The third kappa shape index (κ3) is 15.6. The first kappa shape index (κ1) is 36.1. The lowest BCUT2D eigenvalue weighted by Gasteiger charge is -2.25. The number of rotatable bonds is 20. The van der Waals surface area contributed by atoms with E-state index >= 15 is 0 Å². The molecule has 0 spiro atoms. The lowest BCUT2D eigenvalue weighted by Crippen LogP contribution is -2.57. The first-order chi connectivity index (χ1) is 20.3. The number of hydrogen-bond donors (Lipinski definition) is 10. The number of guanidine groups is 2. The van der Waals surface area contributed by atoms with Crippen molar-refractivity contribution < 1.29 is 29.1 Å². The molecule has 17 heteroatoms. The van der Waals surface area contributed by atoms with Gasteiger partial charge in [-0.05, 0) is 37.7 Å². The van der Waals surface area contributed by atoms with Crippen LogP contribution in [0.5, 0.6) is 0 Å². The molecule has 0 aliphatic heterocycles. The van der Waals surface area contributed by atoms with Gasteiger partial charge in [0.1, 0.15) is 18.1 Å². The summed E-state index contributed by atoms with van der Waals surface area (Å²) in [6, 6.07) is 3.90. The van der Waals surface area contributed by atoms with Crippen molar-refractivity contribution in [2.45, 2.75) is 69.1 Å². The predicted octanol–water partition coefficient (Wildman–Crippen LogP) is -3.53. The Morgan fingerprint density at radius 1 is 0.698 bits per heavy atom. The second kappa shape index (κ2) is 19.2. The number of carbonyl (C=O) groups is 5. The number of carboxylic acid groups (broad SMARTS) is 1. The molecule has 0 aliphatic rings. The summed E-state index contributed by atoms with van der Waals surface area (Å²) < 4.78 is 0. The highest BCUT2D eigenvalue weighted by molar-refractivity contribution is 5.94. The van der Waals surface area contributed by atoms with E-state index in [1.54, 1.807) is 30.3 Å². The summed E-state index contributed by atoms with van der Waals surface area (Å²) in [5, 5.41) is 17.3. The number of nitrogens with two attached hydrogens (primary N) is 6. The zero-order chi connectivity index (χ0) is 32.4. The fourth-order valence-electron chi connectivity index (χ4n) is 3.85. The van der Waals surface area contributed by atoms with Gasteiger partial charge in [0.15, 0.2) is 11.9 Å². The van der Waals surface area contributed by atoms with Gasteiger partial charge >= 0.3 is 5.97 Å². The maximum Gasteiger partial charge on any atom is 0.326 e. The number of primary amides is 1. The number of carbonyl (C=O) groups excluding carboxylic acids is 4. The summed E-state index contributed by atoms with van der Waals surface area (Å²) in [6.45, 7) is 0.291. The van der Waals surface area contributed by atoms with Crippen LogP contribution in [0.4, 0.5) is 0 Å². The van der Waals surface area contributed by atoms with Gasteiger partial charge in [-0.1, -0.05) is 30.3 Å². The molecule has 0 saturated heterocycles. The summed E-state index contributed by atoms with van der Waals surface area (Å²) in [6.07, 6.45) is 0.449. The quantitative estimate of drug-likeness (QED) is 0.0394. The van der Waals surface area contributed by atoms with Crippen molar-refractivity contribution in [3.05, 3.63) is 35.9 Å². The predicted molar refractivity (Wildman–Crippen MR) is 160 cm³/mol. The standard InChI is InChI=1S/C26H43N11O6/c27-16(10-11-20(28)38)21(39)35-17(8-4-12-33-25(29)30)22(40)36-18(9-5-13-34-26(31)32)23(41)37-19(24(42)43)14-15-6-2-1-3-7-15/h1-3,6-7,16-19H,4-5,8-14,27H2,(H2,28,38)(H,35,39)(H,36,40)(H,37,41)(H,42,43)(H4,29,30,33)(H4,31,32,34). The number of nitrogens with zero attached hydrogens (tertiary/aromatic N) is 2. The molecule has 43 heavy (non-hydrogen) atoms. The van der Waals surface area contributed by atoms with Crippen LogP contribution in [0.15, 0.2) is 40.3 Å². The van der Waals surface area contributed by atoms with E-state index in [1.807, 2.05) is 0 Å². The fourth-order valence-corrected chi connectivity index (χ4v) is 3.85. The van der Waals surface area contributed by atoms with Gasteiger partial charge in [-0.15, -0.1) is 0 Å². The fraction of sp³-hybridized carbons (Fsp3) is 0.500. The van der Waals surface area contributed by atoms with Crippen LogP contribution in [-0.4, -0.2) is 83.9 Å². The van der Waals surface area contributed by atoms with Crippen molar-refractivity contribution in [2.24, 2.45) is 44.4 Å². The van der Waals surface area contributed by atoms with Crippen LogP contribution < -0.4 is 50.4 Å². The van der Waals surface area contributed by atoms with Crippen molar-refractivity contribution >= 4 is 41.5 Å². The molecule has 16 N–H and O–H groups in total. The Kier molecular flexibility index (Phi) is 16.1. The first-order valence-electron chi connectivity index (χ1n) is 13.6. The molecule has 0 bridgehead atoms. The molecule has 0 aliphatic carbocycles. The van der Waals surface area contributed by atoms with Crippen molar-refractivity contribution in [3.63, 3.8) is 0 Å². The molecule has 17 nitrogen and oxygen atoms in total. The minimum Gasteiger partial charge on any atom is -0.480 e. The van der Waals surface area contributed by atoms with E-state index in [0.29, 0.717) is 5.56 Å². The molecule has 1 aromatic carbocycles. The van der Waals surface area contributed by atoms with Crippen molar-refractivity contribution in [2.75, 3.05) is 13.1 Å². The van der Waals surface area contributed by atoms with Crippen LogP contribution in [-0.2, 0) is 30.4 Å². The second-order valence-electron chi connectivity index (χ2n) is 9.72. The number of benzene rings is 1. The molecule has 1 rings (SSSR count). The molecule has 0 fully saturated rings. The van der Waals surface area contributed by atoms with Crippen molar-refractivity contribution in [1.82, 2.24) is 16.0 Å². The Bertz CT molecular complexity index is 1140. The minimum atomic E-state index is -1.29. The zero-order valence-corrected chi connectivity index (χ0v) is 23.9. The van der Waals surface area contributed by atoms with Gasteiger partial charge in [-0.25, -0.2) is 4.79 Å². The molecule has 0 aromatic heterocycles. The van der Waals surface area contributed by atoms with Crippen LogP contribution >= 0.6 is 0 Å². The molecule has 0 saturated carbocycles. The summed E-state index contributed by atoms with van der Waals surface area (Å²) in [5.41, 5.74) is 33.1. The number of aliphatic imine (C=N–C) groups is 2. The third-order valence-electron chi connectivity index (χ3n) is 6.09. The summed E-state index contributed by atoms with van der Waals surface area (Å²) >= 11 is 0. The van der Waals surface area contributed by atoms with Crippen LogP contribution in [0.3, 0.4) is 0 Å². The van der Waals surface area contributed by atoms with E-state index in [1.165, 1.54) is 0 Å². The Labute approximate surface area is 249 Å². The highest BCUT2D eigenvalue weighted by Gasteiger charge is 2.30. The SMILES string of the molecule is NC(=O)CCC(N)C(=O)NC(CCCN=C(N)N)C(=O)NC(CCCN=C(N)N)C(=O)NC(Cc1ccccc1)C(=O)O. The Morgan fingerprint density at radius 3 is 1.60 bits per heavy atom. The maximum absolute atomic E-state index is 13.4. The monoisotopic (exact) mass is 605 g/mol. The smallest absolute Gasteiger partial charge is 0.326 e. The van der Waals surface area contributed by atoms with Crippen LogP contribution in [0.25, 0.3) is 0 Å². The van der Waals surface area contributed by atoms with Crippen LogP contribution in [0.2, 0.25) is 0 Å². The van der Waals surface area contributed by atoms with E-state index in [0.717, 1.165) is 0 Å². The number of nitrogens with one attached hydrogen (secondary N) is 3. The van der Waals surface area contributed by atoms with Gasteiger partial charge in [0.2, 0.25) is 23.6 Å². The van der Waals surface area contributed by atoms with E-state index in [2.05, 4.69) is 25.9 Å². The first-order valence-corrected chi connectivity index (χ1v) is 13.6. The summed E-state index contributed by atoms with van der Waals surface area (Å²) in [5.74, 6) is -4.43. The lowest BCUT2D eigenvalue weighted by molar-refractivity contribution is -0.142. The van der Waals surface area contributed by atoms with Gasteiger partial charge in [-0.3, -0.25) is 29.2 Å². The average molecular weight is 606 g/mol.